The number of hydrogen-bond acceptors (Lipinski definition) is 2. The number of nitrogens with zero attached hydrogens (tertiary/aromatic N) is 2. The van der Waals surface area contributed by atoms with E-state index in [4.69, 9.17) is 5.11 Å². The zero-order valence-corrected chi connectivity index (χ0v) is 10.7. The minimum absolute atomic E-state index is 0.0698. The number of aryl methyl sites for hydroxylation is 1. The molecule has 1 aromatic carbocycles. The Morgan fingerprint density at radius 3 is 2.33 bits per heavy atom. The molecule has 0 amide bonds. The zero-order valence-electron chi connectivity index (χ0n) is 10.7. The number of carboxylic acids is 1. The molecule has 1 heterocycles. The average molecular weight is 244 g/mol. The molecule has 0 atom stereocenters. The molecular weight excluding hydrogens is 228 g/mol. The van der Waals surface area contributed by atoms with Crippen LogP contribution in [0.5, 0.6) is 0 Å². The van der Waals surface area contributed by atoms with Crippen LogP contribution in [0.3, 0.4) is 0 Å². The van der Waals surface area contributed by atoms with Crippen molar-refractivity contribution in [2.24, 2.45) is 0 Å². The molecule has 2 rings (SSSR count). The molecule has 4 heteroatoms. The summed E-state index contributed by atoms with van der Waals surface area (Å²) in [6, 6.07) is 9.57. The maximum absolute atomic E-state index is 10.9. The van der Waals surface area contributed by atoms with E-state index in [1.807, 2.05) is 31.2 Å². The number of aromatic carboxylic acids is 1. The van der Waals surface area contributed by atoms with E-state index < -0.39 is 5.97 Å². The smallest absolute Gasteiger partial charge is 0.356 e. The molecule has 0 bridgehead atoms. The largest absolute Gasteiger partial charge is 0.476 e. The Kier molecular flexibility index (Phi) is 3.19. The van der Waals surface area contributed by atoms with Crippen LogP contribution in [0.15, 0.2) is 30.3 Å². The summed E-state index contributed by atoms with van der Waals surface area (Å²) in [6.45, 7) is 6.11. The molecular formula is C14H16N2O2. The highest BCUT2D eigenvalue weighted by Gasteiger charge is 2.11. The molecule has 0 saturated heterocycles. The van der Waals surface area contributed by atoms with Gasteiger partial charge in [0.25, 0.3) is 0 Å². The van der Waals surface area contributed by atoms with E-state index in [2.05, 4.69) is 18.9 Å². The first kappa shape index (κ1) is 12.4. The Labute approximate surface area is 106 Å². The van der Waals surface area contributed by atoms with Crippen molar-refractivity contribution in [3.8, 4) is 5.69 Å². The number of benzene rings is 1. The third kappa shape index (κ3) is 2.27. The molecule has 0 fully saturated rings. The Hall–Kier alpha value is -2.10. The maximum Gasteiger partial charge on any atom is 0.356 e. The van der Waals surface area contributed by atoms with Gasteiger partial charge in [-0.3, -0.25) is 0 Å². The van der Waals surface area contributed by atoms with Gasteiger partial charge in [-0.1, -0.05) is 26.0 Å². The minimum atomic E-state index is -1.00. The van der Waals surface area contributed by atoms with E-state index in [1.165, 1.54) is 5.56 Å². The molecule has 0 aliphatic heterocycles. The predicted molar refractivity (Wildman–Crippen MR) is 69.3 cm³/mol. The predicted octanol–water partition coefficient (Wildman–Crippen LogP) is 3.00. The zero-order chi connectivity index (χ0) is 13.3. The lowest BCUT2D eigenvalue weighted by atomic mass is 10.0. The molecule has 0 aliphatic carbocycles. The van der Waals surface area contributed by atoms with Crippen LogP contribution >= 0.6 is 0 Å². The van der Waals surface area contributed by atoms with Crippen molar-refractivity contribution in [3.05, 3.63) is 47.3 Å². The fourth-order valence-corrected chi connectivity index (χ4v) is 1.84. The summed E-state index contributed by atoms with van der Waals surface area (Å²) in [5.74, 6) is -0.525. The maximum atomic E-state index is 10.9. The van der Waals surface area contributed by atoms with Gasteiger partial charge in [-0.05, 0) is 36.6 Å². The van der Waals surface area contributed by atoms with E-state index in [9.17, 15) is 4.79 Å². The molecule has 0 saturated carbocycles. The lowest BCUT2D eigenvalue weighted by Gasteiger charge is -2.08. The summed E-state index contributed by atoms with van der Waals surface area (Å²) in [4.78, 5) is 10.9. The summed E-state index contributed by atoms with van der Waals surface area (Å²) in [5.41, 5.74) is 3.01. The fraction of sp³-hybridized carbons (Fsp3) is 0.286. The van der Waals surface area contributed by atoms with E-state index in [1.54, 1.807) is 10.7 Å². The highest BCUT2D eigenvalue weighted by Crippen LogP contribution is 2.18. The summed E-state index contributed by atoms with van der Waals surface area (Å²) < 4.78 is 1.65. The van der Waals surface area contributed by atoms with Gasteiger partial charge >= 0.3 is 5.97 Å². The molecule has 18 heavy (non-hydrogen) atoms. The van der Waals surface area contributed by atoms with Crippen LogP contribution in [0.4, 0.5) is 0 Å². The van der Waals surface area contributed by atoms with E-state index in [0.29, 0.717) is 5.92 Å². The molecule has 0 aliphatic rings. The van der Waals surface area contributed by atoms with Crippen molar-refractivity contribution in [1.29, 1.82) is 0 Å². The van der Waals surface area contributed by atoms with Crippen molar-refractivity contribution in [2.45, 2.75) is 26.7 Å². The second kappa shape index (κ2) is 4.64. The van der Waals surface area contributed by atoms with Crippen LogP contribution in [0.1, 0.15) is 41.5 Å². The van der Waals surface area contributed by atoms with Gasteiger partial charge in [0.2, 0.25) is 0 Å². The fourth-order valence-electron chi connectivity index (χ4n) is 1.84. The number of carboxylic acid groups (broad SMARTS) is 1. The monoisotopic (exact) mass is 244 g/mol. The van der Waals surface area contributed by atoms with Gasteiger partial charge in [-0.25, -0.2) is 9.48 Å². The number of aromatic nitrogens is 2. The van der Waals surface area contributed by atoms with Gasteiger partial charge in [0, 0.05) is 5.69 Å². The first-order valence-electron chi connectivity index (χ1n) is 5.89. The normalized spacial score (nSPS) is 10.9. The van der Waals surface area contributed by atoms with Crippen LogP contribution in [-0.2, 0) is 0 Å². The SMILES string of the molecule is Cc1cc(C(=O)O)nn1-c1ccc(C(C)C)cc1. The van der Waals surface area contributed by atoms with Crippen molar-refractivity contribution < 1.29 is 9.90 Å². The molecule has 2 aromatic rings. The number of hydrogen-bond donors (Lipinski definition) is 1. The molecule has 0 spiro atoms. The Morgan fingerprint density at radius 1 is 1.28 bits per heavy atom. The average Bonchev–Trinajstić information content (AvgIpc) is 2.71. The van der Waals surface area contributed by atoms with Crippen LogP contribution in [0.2, 0.25) is 0 Å². The Bertz CT molecular complexity index is 568. The van der Waals surface area contributed by atoms with Crippen molar-refractivity contribution in [3.63, 3.8) is 0 Å². The van der Waals surface area contributed by atoms with Gasteiger partial charge in [0.15, 0.2) is 5.69 Å². The van der Waals surface area contributed by atoms with Gasteiger partial charge in [0.05, 0.1) is 5.69 Å². The minimum Gasteiger partial charge on any atom is -0.476 e. The summed E-state index contributed by atoms with van der Waals surface area (Å²) in [6.07, 6.45) is 0. The van der Waals surface area contributed by atoms with Crippen LogP contribution in [0, 0.1) is 6.92 Å². The van der Waals surface area contributed by atoms with Crippen molar-refractivity contribution in [2.75, 3.05) is 0 Å². The lowest BCUT2D eigenvalue weighted by molar-refractivity contribution is 0.0690. The van der Waals surface area contributed by atoms with Crippen LogP contribution in [0.25, 0.3) is 5.69 Å². The highest BCUT2D eigenvalue weighted by molar-refractivity contribution is 5.85. The van der Waals surface area contributed by atoms with Crippen molar-refractivity contribution in [1.82, 2.24) is 9.78 Å². The summed E-state index contributed by atoms with van der Waals surface area (Å²) in [5, 5.41) is 13.0. The number of carbonyl (C=O) groups is 1. The molecule has 4 nitrogen and oxygen atoms in total. The van der Waals surface area contributed by atoms with E-state index in [-0.39, 0.29) is 5.69 Å². The van der Waals surface area contributed by atoms with Crippen molar-refractivity contribution >= 4 is 5.97 Å². The third-order valence-corrected chi connectivity index (χ3v) is 2.91. The van der Waals surface area contributed by atoms with E-state index in [0.717, 1.165) is 11.4 Å². The van der Waals surface area contributed by atoms with Crippen LogP contribution in [-0.4, -0.2) is 20.9 Å². The van der Waals surface area contributed by atoms with E-state index >= 15 is 0 Å². The Balaban J connectivity index is 2.39. The molecule has 0 unspecified atom stereocenters. The van der Waals surface area contributed by atoms with Gasteiger partial charge in [-0.2, -0.15) is 5.10 Å². The molecule has 0 radical (unpaired) electrons. The highest BCUT2D eigenvalue weighted by atomic mass is 16.4. The lowest BCUT2D eigenvalue weighted by Crippen LogP contribution is -2.02. The topological polar surface area (TPSA) is 55.1 Å². The molecule has 1 aromatic heterocycles. The standard InChI is InChI=1S/C14H16N2O2/c1-9(2)11-4-6-12(7-5-11)16-10(3)8-13(15-16)14(17)18/h4-9H,1-3H3,(H,17,18). The molecule has 94 valence electrons. The van der Waals surface area contributed by atoms with Crippen LogP contribution < -0.4 is 0 Å². The second-order valence-corrected chi connectivity index (χ2v) is 4.63. The molecule has 1 N–H and O–H groups in total. The summed E-state index contributed by atoms with van der Waals surface area (Å²) >= 11 is 0. The first-order valence-corrected chi connectivity index (χ1v) is 5.89. The van der Waals surface area contributed by atoms with Gasteiger partial charge < -0.3 is 5.11 Å². The quantitative estimate of drug-likeness (QED) is 0.903. The van der Waals surface area contributed by atoms with Gasteiger partial charge in [0.1, 0.15) is 0 Å². The number of rotatable bonds is 3. The second-order valence-electron chi connectivity index (χ2n) is 4.63. The third-order valence-electron chi connectivity index (χ3n) is 2.91. The Morgan fingerprint density at radius 2 is 1.89 bits per heavy atom. The summed E-state index contributed by atoms with van der Waals surface area (Å²) in [7, 11) is 0. The van der Waals surface area contributed by atoms with Gasteiger partial charge in [-0.15, -0.1) is 0 Å². The first-order chi connectivity index (χ1) is 8.49.